The van der Waals surface area contributed by atoms with Gasteiger partial charge in [-0.05, 0) is 24.6 Å². The van der Waals surface area contributed by atoms with Crippen LogP contribution in [0.25, 0.3) is 0 Å². The van der Waals surface area contributed by atoms with Gasteiger partial charge < -0.3 is 4.74 Å². The molecular formula is C12H16ClFN2O. The van der Waals surface area contributed by atoms with Crippen molar-refractivity contribution in [3.8, 4) is 0 Å². The molecule has 1 aromatic rings. The molecule has 1 N–H and O–H groups in total. The molecule has 3 nitrogen and oxygen atoms in total. The van der Waals surface area contributed by atoms with Gasteiger partial charge in [0.2, 0.25) is 0 Å². The minimum atomic E-state index is -0.308. The lowest BCUT2D eigenvalue weighted by molar-refractivity contribution is 0.00485. The zero-order chi connectivity index (χ0) is 12.3. The quantitative estimate of drug-likeness (QED) is 0.901. The maximum absolute atomic E-state index is 12.9. The van der Waals surface area contributed by atoms with Crippen LogP contribution in [-0.2, 0) is 4.74 Å². The molecule has 1 aliphatic heterocycles. The lowest BCUT2D eigenvalue weighted by Crippen LogP contribution is -2.46. The van der Waals surface area contributed by atoms with E-state index in [0.29, 0.717) is 5.02 Å². The topological polar surface area (TPSA) is 24.5 Å². The van der Waals surface area contributed by atoms with Crippen molar-refractivity contribution in [2.45, 2.75) is 13.0 Å². The van der Waals surface area contributed by atoms with Gasteiger partial charge in [0.25, 0.3) is 0 Å². The third kappa shape index (κ3) is 3.39. The molecular weight excluding hydrogens is 243 g/mol. The summed E-state index contributed by atoms with van der Waals surface area (Å²) in [5.41, 5.74) is 4.24. The van der Waals surface area contributed by atoms with Gasteiger partial charge in [-0.2, -0.15) is 0 Å². The number of hydrogen-bond donors (Lipinski definition) is 1. The predicted octanol–water partition coefficient (Wildman–Crippen LogP) is 2.38. The highest BCUT2D eigenvalue weighted by molar-refractivity contribution is 6.31. The Labute approximate surface area is 105 Å². The smallest absolute Gasteiger partial charge is 0.124 e. The van der Waals surface area contributed by atoms with Crippen molar-refractivity contribution in [1.82, 2.24) is 10.4 Å². The van der Waals surface area contributed by atoms with Crippen LogP contribution >= 0.6 is 11.6 Å². The average Bonchev–Trinajstić information content (AvgIpc) is 2.30. The van der Waals surface area contributed by atoms with Gasteiger partial charge in [0.05, 0.1) is 13.2 Å². The molecule has 1 atom stereocenters. The fourth-order valence-electron chi connectivity index (χ4n) is 1.89. The van der Waals surface area contributed by atoms with E-state index in [1.807, 2.05) is 6.92 Å². The summed E-state index contributed by atoms with van der Waals surface area (Å²) < 4.78 is 18.2. The van der Waals surface area contributed by atoms with Crippen molar-refractivity contribution >= 4 is 11.6 Å². The van der Waals surface area contributed by atoms with Crippen molar-refractivity contribution in [3.05, 3.63) is 34.6 Å². The van der Waals surface area contributed by atoms with E-state index in [9.17, 15) is 4.39 Å². The number of rotatable bonds is 3. The van der Waals surface area contributed by atoms with Gasteiger partial charge >= 0.3 is 0 Å². The van der Waals surface area contributed by atoms with Gasteiger partial charge in [0.1, 0.15) is 5.82 Å². The third-order valence-corrected chi connectivity index (χ3v) is 3.14. The molecule has 0 spiro atoms. The minimum absolute atomic E-state index is 0.0567. The number of benzene rings is 1. The van der Waals surface area contributed by atoms with Crippen LogP contribution in [0.2, 0.25) is 5.02 Å². The van der Waals surface area contributed by atoms with E-state index in [4.69, 9.17) is 16.3 Å². The van der Waals surface area contributed by atoms with Crippen LogP contribution in [0.4, 0.5) is 4.39 Å². The second-order valence-corrected chi connectivity index (χ2v) is 4.52. The lowest BCUT2D eigenvalue weighted by Gasteiger charge is -2.30. The minimum Gasteiger partial charge on any atom is -0.379 e. The number of halogens is 2. The first kappa shape index (κ1) is 12.8. The Morgan fingerprint density at radius 1 is 1.41 bits per heavy atom. The summed E-state index contributed by atoms with van der Waals surface area (Å²) in [6.45, 7) is 5.18. The van der Waals surface area contributed by atoms with Crippen molar-refractivity contribution in [2.75, 3.05) is 26.3 Å². The number of nitrogens with zero attached hydrogens (tertiary/aromatic N) is 1. The second kappa shape index (κ2) is 5.78. The highest BCUT2D eigenvalue weighted by atomic mass is 35.5. The molecule has 1 unspecified atom stereocenters. The number of ether oxygens (including phenoxy) is 1. The van der Waals surface area contributed by atoms with Crippen LogP contribution in [0.1, 0.15) is 18.5 Å². The summed E-state index contributed by atoms with van der Waals surface area (Å²) >= 11 is 6.02. The molecule has 0 aliphatic carbocycles. The Bertz CT molecular complexity index is 383. The van der Waals surface area contributed by atoms with Gasteiger partial charge in [0, 0.05) is 24.2 Å². The van der Waals surface area contributed by atoms with E-state index in [0.717, 1.165) is 31.9 Å². The zero-order valence-electron chi connectivity index (χ0n) is 9.75. The summed E-state index contributed by atoms with van der Waals surface area (Å²) in [4.78, 5) is 0. The van der Waals surface area contributed by atoms with Crippen molar-refractivity contribution in [1.29, 1.82) is 0 Å². The second-order valence-electron chi connectivity index (χ2n) is 4.12. The van der Waals surface area contributed by atoms with Gasteiger partial charge in [-0.25, -0.2) is 14.8 Å². The lowest BCUT2D eigenvalue weighted by atomic mass is 10.1. The molecule has 0 radical (unpaired) electrons. The first-order valence-corrected chi connectivity index (χ1v) is 6.08. The summed E-state index contributed by atoms with van der Waals surface area (Å²) in [7, 11) is 0. The third-order valence-electron chi connectivity index (χ3n) is 2.82. The molecule has 5 heteroatoms. The molecule has 1 saturated heterocycles. The maximum Gasteiger partial charge on any atom is 0.124 e. The Morgan fingerprint density at radius 3 is 2.76 bits per heavy atom. The molecule has 0 saturated carbocycles. The molecule has 1 aromatic carbocycles. The normalized spacial score (nSPS) is 19.2. The van der Waals surface area contributed by atoms with Gasteiger partial charge in [-0.15, -0.1) is 0 Å². The van der Waals surface area contributed by atoms with Crippen LogP contribution in [0.5, 0.6) is 0 Å². The fraction of sp³-hybridized carbons (Fsp3) is 0.500. The molecule has 1 heterocycles. The summed E-state index contributed by atoms with van der Waals surface area (Å²) in [6, 6.07) is 4.55. The molecule has 94 valence electrons. The Kier molecular flexibility index (Phi) is 4.34. The van der Waals surface area contributed by atoms with Crippen LogP contribution in [0.3, 0.4) is 0 Å². The van der Waals surface area contributed by atoms with Crippen molar-refractivity contribution < 1.29 is 9.13 Å². The summed E-state index contributed by atoms with van der Waals surface area (Å²) in [6.07, 6.45) is 0. The molecule has 0 amide bonds. The molecule has 0 bridgehead atoms. The van der Waals surface area contributed by atoms with Gasteiger partial charge in [-0.1, -0.05) is 17.7 Å². The van der Waals surface area contributed by atoms with E-state index in [-0.39, 0.29) is 11.9 Å². The van der Waals surface area contributed by atoms with E-state index < -0.39 is 0 Å². The van der Waals surface area contributed by atoms with Crippen molar-refractivity contribution in [3.63, 3.8) is 0 Å². The van der Waals surface area contributed by atoms with Crippen LogP contribution in [0.15, 0.2) is 18.2 Å². The number of hydrogen-bond acceptors (Lipinski definition) is 3. The highest BCUT2D eigenvalue weighted by Gasteiger charge is 2.15. The molecule has 1 aliphatic rings. The largest absolute Gasteiger partial charge is 0.379 e. The Morgan fingerprint density at radius 2 is 2.12 bits per heavy atom. The van der Waals surface area contributed by atoms with Gasteiger partial charge in [-0.3, -0.25) is 0 Å². The molecule has 17 heavy (non-hydrogen) atoms. The Balaban J connectivity index is 2.00. The van der Waals surface area contributed by atoms with E-state index >= 15 is 0 Å². The van der Waals surface area contributed by atoms with E-state index in [1.54, 1.807) is 6.07 Å². The average molecular weight is 259 g/mol. The summed E-state index contributed by atoms with van der Waals surface area (Å²) in [5.74, 6) is -0.308. The summed E-state index contributed by atoms with van der Waals surface area (Å²) in [5, 5.41) is 2.56. The maximum atomic E-state index is 12.9. The molecule has 0 aromatic heterocycles. The molecule has 2 rings (SSSR count). The SMILES string of the molecule is CC(NN1CCOCC1)c1ccc(F)cc1Cl. The fourth-order valence-corrected chi connectivity index (χ4v) is 2.22. The van der Waals surface area contributed by atoms with E-state index in [2.05, 4.69) is 10.4 Å². The first-order valence-electron chi connectivity index (χ1n) is 5.70. The van der Waals surface area contributed by atoms with Crippen molar-refractivity contribution in [2.24, 2.45) is 0 Å². The van der Waals surface area contributed by atoms with Crippen LogP contribution in [0, 0.1) is 5.82 Å². The number of morpholine rings is 1. The van der Waals surface area contributed by atoms with Crippen LogP contribution < -0.4 is 5.43 Å². The van der Waals surface area contributed by atoms with E-state index in [1.165, 1.54) is 12.1 Å². The monoisotopic (exact) mass is 258 g/mol. The van der Waals surface area contributed by atoms with Gasteiger partial charge in [0.15, 0.2) is 0 Å². The standard InChI is InChI=1S/C12H16ClFN2O/c1-9(15-16-4-6-17-7-5-16)11-3-2-10(14)8-12(11)13/h2-3,8-9,15H,4-7H2,1H3. The van der Waals surface area contributed by atoms with Crippen LogP contribution in [-0.4, -0.2) is 31.3 Å². The first-order chi connectivity index (χ1) is 8.16. The number of hydrazine groups is 1. The predicted molar refractivity (Wildman–Crippen MR) is 65.4 cm³/mol. The zero-order valence-corrected chi connectivity index (χ0v) is 10.5. The molecule has 1 fully saturated rings. The number of nitrogens with one attached hydrogen (secondary N) is 1. The highest BCUT2D eigenvalue weighted by Crippen LogP contribution is 2.23. The Hall–Kier alpha value is -0.680.